The first-order chi connectivity index (χ1) is 12.1. The lowest BCUT2D eigenvalue weighted by Gasteiger charge is -2.13. The van der Waals surface area contributed by atoms with E-state index in [-0.39, 0.29) is 5.91 Å². The van der Waals surface area contributed by atoms with Crippen molar-refractivity contribution in [3.8, 4) is 5.88 Å². The first-order valence-corrected chi connectivity index (χ1v) is 8.41. The molecule has 3 heterocycles. The lowest BCUT2D eigenvalue weighted by atomic mass is 10.1. The first-order valence-electron chi connectivity index (χ1n) is 8.41. The number of hydrogen-bond donors (Lipinski definition) is 3. The zero-order chi connectivity index (χ0) is 17.6. The smallest absolute Gasteiger partial charge is 0.272 e. The normalized spacial score (nSPS) is 13.6. The van der Waals surface area contributed by atoms with E-state index in [1.54, 1.807) is 6.20 Å². The van der Waals surface area contributed by atoms with E-state index >= 15 is 0 Å². The van der Waals surface area contributed by atoms with Crippen molar-refractivity contribution >= 4 is 5.91 Å². The number of rotatable bonds is 7. The second kappa shape index (κ2) is 8.09. The van der Waals surface area contributed by atoms with Crippen molar-refractivity contribution in [3.05, 3.63) is 40.8 Å². The van der Waals surface area contributed by atoms with Gasteiger partial charge in [-0.3, -0.25) is 9.89 Å². The summed E-state index contributed by atoms with van der Waals surface area (Å²) in [6.45, 7) is 3.38. The summed E-state index contributed by atoms with van der Waals surface area (Å²) >= 11 is 0. The Balaban J connectivity index is 1.56. The molecule has 0 spiro atoms. The molecule has 0 aliphatic carbocycles. The Morgan fingerprint density at radius 3 is 3.16 bits per heavy atom. The largest absolute Gasteiger partial charge is 0.476 e. The molecule has 3 N–H and O–H groups in total. The molecule has 2 aromatic heterocycles. The van der Waals surface area contributed by atoms with Gasteiger partial charge in [0.15, 0.2) is 5.69 Å². The fourth-order valence-corrected chi connectivity index (χ4v) is 2.65. The van der Waals surface area contributed by atoms with Crippen LogP contribution < -0.4 is 15.4 Å². The number of aromatic amines is 1. The number of carbonyl (C=O) groups excluding carboxylic acids is 1. The summed E-state index contributed by atoms with van der Waals surface area (Å²) in [6.07, 6.45) is 2.56. The van der Waals surface area contributed by atoms with Crippen LogP contribution >= 0.6 is 0 Å². The summed E-state index contributed by atoms with van der Waals surface area (Å²) in [4.78, 5) is 18.6. The van der Waals surface area contributed by atoms with Crippen molar-refractivity contribution in [3.63, 3.8) is 0 Å². The van der Waals surface area contributed by atoms with Gasteiger partial charge in [0.1, 0.15) is 6.61 Å². The topological polar surface area (TPSA) is 95.2 Å². The van der Waals surface area contributed by atoms with Gasteiger partial charge in [0.05, 0.1) is 0 Å². The first kappa shape index (κ1) is 17.4. The van der Waals surface area contributed by atoms with Crippen LogP contribution in [0.25, 0.3) is 0 Å². The second-order valence-electron chi connectivity index (χ2n) is 6.29. The Bertz CT molecular complexity index is 728. The Labute approximate surface area is 147 Å². The molecule has 0 radical (unpaired) electrons. The highest BCUT2D eigenvalue weighted by molar-refractivity contribution is 5.94. The summed E-state index contributed by atoms with van der Waals surface area (Å²) in [6, 6.07) is 3.71. The van der Waals surface area contributed by atoms with Gasteiger partial charge in [-0.05, 0) is 25.7 Å². The van der Waals surface area contributed by atoms with Gasteiger partial charge in [-0.2, -0.15) is 5.10 Å². The molecule has 1 aliphatic rings. The number of pyridine rings is 1. The molecule has 0 fully saturated rings. The van der Waals surface area contributed by atoms with Crippen molar-refractivity contribution in [1.29, 1.82) is 0 Å². The van der Waals surface area contributed by atoms with Crippen molar-refractivity contribution in [2.45, 2.75) is 19.5 Å². The second-order valence-corrected chi connectivity index (χ2v) is 6.29. The Morgan fingerprint density at radius 1 is 1.44 bits per heavy atom. The van der Waals surface area contributed by atoms with Gasteiger partial charge in [-0.1, -0.05) is 0 Å². The summed E-state index contributed by atoms with van der Waals surface area (Å²) < 4.78 is 5.62. The standard InChI is InChI=1S/C17H24N6O2/c1-23(2)7-8-25-15-9-12(3-6-19-15)10-20-17(24)16-13-11-18-5-4-14(13)21-22-16/h3,6,9,18H,4-5,7-8,10-11H2,1-2H3,(H,20,24)(H,21,22). The lowest BCUT2D eigenvalue weighted by Crippen LogP contribution is -2.28. The number of nitrogens with zero attached hydrogens (tertiary/aromatic N) is 3. The monoisotopic (exact) mass is 344 g/mol. The Kier molecular flexibility index (Phi) is 5.62. The number of fused-ring (bicyclic) bond motifs is 1. The van der Waals surface area contributed by atoms with Crippen molar-refractivity contribution in [2.24, 2.45) is 0 Å². The van der Waals surface area contributed by atoms with Gasteiger partial charge in [0.25, 0.3) is 5.91 Å². The van der Waals surface area contributed by atoms with Crippen molar-refractivity contribution < 1.29 is 9.53 Å². The van der Waals surface area contributed by atoms with Gasteiger partial charge >= 0.3 is 0 Å². The van der Waals surface area contributed by atoms with Crippen LogP contribution in [0.4, 0.5) is 0 Å². The average molecular weight is 344 g/mol. The SMILES string of the molecule is CN(C)CCOc1cc(CNC(=O)c2n[nH]c3c2CNCC3)ccn1. The maximum Gasteiger partial charge on any atom is 0.272 e. The minimum Gasteiger partial charge on any atom is -0.476 e. The van der Waals surface area contributed by atoms with E-state index < -0.39 is 0 Å². The molecule has 8 nitrogen and oxygen atoms in total. The van der Waals surface area contributed by atoms with Crippen molar-refractivity contribution in [2.75, 3.05) is 33.8 Å². The number of H-pyrrole nitrogens is 1. The highest BCUT2D eigenvalue weighted by Gasteiger charge is 2.21. The molecule has 1 aliphatic heterocycles. The molecule has 3 rings (SSSR count). The van der Waals surface area contributed by atoms with Crippen LogP contribution in [0.1, 0.15) is 27.3 Å². The van der Waals surface area contributed by atoms with Crippen molar-refractivity contribution in [1.82, 2.24) is 30.7 Å². The molecule has 0 atom stereocenters. The molecule has 2 aromatic rings. The number of carbonyl (C=O) groups is 1. The number of ether oxygens (including phenoxy) is 1. The fourth-order valence-electron chi connectivity index (χ4n) is 2.65. The van der Waals surface area contributed by atoms with Gasteiger partial charge in [0.2, 0.25) is 5.88 Å². The third-order valence-corrected chi connectivity index (χ3v) is 4.06. The highest BCUT2D eigenvalue weighted by atomic mass is 16.5. The number of likely N-dealkylation sites (N-methyl/N-ethyl adjacent to an activating group) is 1. The molecule has 134 valence electrons. The van der Waals surface area contributed by atoms with Crippen LogP contribution in [0.5, 0.6) is 5.88 Å². The van der Waals surface area contributed by atoms with E-state index in [0.29, 0.717) is 31.3 Å². The molecule has 1 amide bonds. The van der Waals surface area contributed by atoms with Crippen LogP contribution in [0, 0.1) is 0 Å². The summed E-state index contributed by atoms with van der Waals surface area (Å²) in [7, 11) is 3.98. The molecule has 8 heteroatoms. The van der Waals surface area contributed by atoms with E-state index in [0.717, 1.165) is 36.3 Å². The predicted molar refractivity (Wildman–Crippen MR) is 93.5 cm³/mol. The summed E-state index contributed by atoms with van der Waals surface area (Å²) in [5.41, 5.74) is 3.42. The molecular formula is C17H24N6O2. The van der Waals surface area contributed by atoms with E-state index in [1.165, 1.54) is 0 Å². The average Bonchev–Trinajstić information content (AvgIpc) is 3.04. The third-order valence-electron chi connectivity index (χ3n) is 4.06. The molecule has 0 unspecified atom stereocenters. The van der Waals surface area contributed by atoms with Gasteiger partial charge in [-0.25, -0.2) is 4.98 Å². The zero-order valence-electron chi connectivity index (χ0n) is 14.6. The molecule has 25 heavy (non-hydrogen) atoms. The summed E-state index contributed by atoms with van der Waals surface area (Å²) in [5.74, 6) is 0.392. The molecule has 0 saturated carbocycles. The fraction of sp³-hybridized carbons (Fsp3) is 0.471. The van der Waals surface area contributed by atoms with E-state index in [9.17, 15) is 4.79 Å². The minimum atomic E-state index is -0.173. The van der Waals surface area contributed by atoms with Crippen LogP contribution in [-0.4, -0.2) is 59.8 Å². The van der Waals surface area contributed by atoms with E-state index in [4.69, 9.17) is 4.74 Å². The Morgan fingerprint density at radius 2 is 2.32 bits per heavy atom. The van der Waals surface area contributed by atoms with Crippen LogP contribution in [0.15, 0.2) is 18.3 Å². The number of nitrogens with one attached hydrogen (secondary N) is 3. The summed E-state index contributed by atoms with van der Waals surface area (Å²) in [5, 5.41) is 13.3. The Hall–Kier alpha value is -2.45. The van der Waals surface area contributed by atoms with Crippen LogP contribution in [0.3, 0.4) is 0 Å². The van der Waals surface area contributed by atoms with Gasteiger partial charge < -0.3 is 20.3 Å². The van der Waals surface area contributed by atoms with Crippen LogP contribution in [-0.2, 0) is 19.5 Å². The maximum absolute atomic E-state index is 12.4. The maximum atomic E-state index is 12.4. The molecule has 0 saturated heterocycles. The minimum absolute atomic E-state index is 0.173. The zero-order valence-corrected chi connectivity index (χ0v) is 14.6. The van der Waals surface area contributed by atoms with Gasteiger partial charge in [-0.15, -0.1) is 0 Å². The van der Waals surface area contributed by atoms with Crippen LogP contribution in [0.2, 0.25) is 0 Å². The van der Waals surface area contributed by atoms with Gasteiger partial charge in [0, 0.05) is 56.1 Å². The highest BCUT2D eigenvalue weighted by Crippen LogP contribution is 2.15. The van der Waals surface area contributed by atoms with E-state index in [1.807, 2.05) is 31.1 Å². The number of aromatic nitrogens is 3. The van der Waals surface area contributed by atoms with E-state index in [2.05, 4.69) is 25.8 Å². The third kappa shape index (κ3) is 4.55. The molecular weight excluding hydrogens is 320 g/mol. The number of amides is 1. The quantitative estimate of drug-likeness (QED) is 0.670. The predicted octanol–water partition coefficient (Wildman–Crippen LogP) is 0.321. The molecule has 0 bridgehead atoms. The number of hydrogen-bond acceptors (Lipinski definition) is 6. The lowest BCUT2D eigenvalue weighted by molar-refractivity contribution is 0.0944. The molecule has 0 aromatic carbocycles.